The SMILES string of the molecule is COCCOc1nc(N)c2[nH]c(=S)n(Cc3cccc(CP(C)(=O)O)c3)c2n1. The van der Waals surface area contributed by atoms with Gasteiger partial charge >= 0.3 is 6.01 Å². The fourth-order valence-electron chi connectivity index (χ4n) is 2.81. The summed E-state index contributed by atoms with van der Waals surface area (Å²) in [5, 5.41) is 0. The van der Waals surface area contributed by atoms with Gasteiger partial charge in [-0.3, -0.25) is 9.13 Å². The summed E-state index contributed by atoms with van der Waals surface area (Å²) in [6.45, 7) is 2.47. The first kappa shape index (κ1) is 20.5. The van der Waals surface area contributed by atoms with Crippen molar-refractivity contribution in [1.29, 1.82) is 0 Å². The number of fused-ring (bicyclic) bond motifs is 1. The standard InChI is InChI=1S/C17H22N5O4PS/c1-25-6-7-26-16-20-14(18)13-15(21-16)22(17(28)19-13)9-11-4-3-5-12(8-11)10-27(2,23)24/h3-5,8H,6-7,9-10H2,1-2H3,(H,19,28)(H,23,24)(H2,18,20,21). The van der Waals surface area contributed by atoms with Crippen molar-refractivity contribution in [3.8, 4) is 6.01 Å². The Labute approximate surface area is 167 Å². The van der Waals surface area contributed by atoms with Crippen LogP contribution in [-0.2, 0) is 22.0 Å². The van der Waals surface area contributed by atoms with E-state index in [1.807, 2.05) is 24.3 Å². The number of nitrogen functional groups attached to an aromatic ring is 1. The van der Waals surface area contributed by atoms with E-state index in [0.717, 1.165) is 11.1 Å². The summed E-state index contributed by atoms with van der Waals surface area (Å²) >= 11 is 5.42. The summed E-state index contributed by atoms with van der Waals surface area (Å²) < 4.78 is 24.4. The molecule has 0 saturated carbocycles. The molecule has 0 aliphatic rings. The average Bonchev–Trinajstić information content (AvgIpc) is 2.91. The van der Waals surface area contributed by atoms with Crippen LogP contribution < -0.4 is 10.5 Å². The normalized spacial score (nSPS) is 13.5. The van der Waals surface area contributed by atoms with Gasteiger partial charge in [0.25, 0.3) is 0 Å². The van der Waals surface area contributed by atoms with Gasteiger partial charge in [0.2, 0.25) is 7.37 Å². The molecule has 0 aliphatic carbocycles. The molecule has 150 valence electrons. The minimum Gasteiger partial charge on any atom is -0.461 e. The van der Waals surface area contributed by atoms with Crippen molar-refractivity contribution < 1.29 is 18.9 Å². The second kappa shape index (κ2) is 8.40. The van der Waals surface area contributed by atoms with E-state index in [4.69, 9.17) is 27.4 Å². The third-order valence-electron chi connectivity index (χ3n) is 3.96. The summed E-state index contributed by atoms with van der Waals surface area (Å²) in [5.41, 5.74) is 8.79. The Bertz CT molecular complexity index is 1090. The number of anilines is 1. The van der Waals surface area contributed by atoms with Crippen LogP contribution in [0.25, 0.3) is 11.2 Å². The van der Waals surface area contributed by atoms with Crippen LogP contribution in [-0.4, -0.2) is 51.4 Å². The van der Waals surface area contributed by atoms with Crippen molar-refractivity contribution in [1.82, 2.24) is 19.5 Å². The molecule has 4 N–H and O–H groups in total. The van der Waals surface area contributed by atoms with Gasteiger partial charge in [-0.15, -0.1) is 0 Å². The summed E-state index contributed by atoms with van der Waals surface area (Å²) in [5.74, 6) is 0.239. The van der Waals surface area contributed by atoms with E-state index < -0.39 is 7.37 Å². The largest absolute Gasteiger partial charge is 0.461 e. The summed E-state index contributed by atoms with van der Waals surface area (Å²) in [6, 6.07) is 7.62. The van der Waals surface area contributed by atoms with Gasteiger partial charge in [-0.25, -0.2) is 0 Å². The molecule has 3 aromatic rings. The number of imidazole rings is 1. The zero-order chi connectivity index (χ0) is 20.3. The van der Waals surface area contributed by atoms with Gasteiger partial charge < -0.3 is 25.1 Å². The number of rotatable bonds is 8. The minimum atomic E-state index is -3.15. The Morgan fingerprint density at radius 1 is 1.32 bits per heavy atom. The number of aromatic nitrogens is 4. The monoisotopic (exact) mass is 423 g/mol. The molecule has 2 aromatic heterocycles. The molecule has 0 radical (unpaired) electrons. The molecule has 0 bridgehead atoms. The number of H-pyrrole nitrogens is 1. The van der Waals surface area contributed by atoms with Gasteiger partial charge in [0.15, 0.2) is 16.2 Å². The van der Waals surface area contributed by atoms with E-state index in [1.165, 1.54) is 6.66 Å². The van der Waals surface area contributed by atoms with Crippen LogP contribution in [0, 0.1) is 4.77 Å². The van der Waals surface area contributed by atoms with Crippen LogP contribution in [0.2, 0.25) is 0 Å². The summed E-state index contributed by atoms with van der Waals surface area (Å²) in [4.78, 5) is 21.2. The first-order chi connectivity index (χ1) is 13.3. The molecule has 11 heteroatoms. The number of ether oxygens (including phenoxy) is 2. The summed E-state index contributed by atoms with van der Waals surface area (Å²) in [6.07, 6.45) is 0.118. The fourth-order valence-corrected chi connectivity index (χ4v) is 3.93. The van der Waals surface area contributed by atoms with Crippen molar-refractivity contribution in [2.75, 3.05) is 32.7 Å². The van der Waals surface area contributed by atoms with Gasteiger partial charge in [0.05, 0.1) is 13.2 Å². The molecule has 0 spiro atoms. The highest BCUT2D eigenvalue weighted by Crippen LogP contribution is 2.39. The number of methoxy groups -OCH3 is 1. The Morgan fingerprint density at radius 2 is 2.07 bits per heavy atom. The number of aromatic amines is 1. The van der Waals surface area contributed by atoms with Gasteiger partial charge in [-0.1, -0.05) is 24.3 Å². The highest BCUT2D eigenvalue weighted by molar-refractivity contribution is 7.71. The van der Waals surface area contributed by atoms with Gasteiger partial charge in [-0.2, -0.15) is 9.97 Å². The van der Waals surface area contributed by atoms with Gasteiger partial charge in [0, 0.05) is 19.9 Å². The van der Waals surface area contributed by atoms with Crippen LogP contribution in [0.3, 0.4) is 0 Å². The van der Waals surface area contributed by atoms with Crippen molar-refractivity contribution in [3.63, 3.8) is 0 Å². The Morgan fingerprint density at radius 3 is 2.79 bits per heavy atom. The smallest absolute Gasteiger partial charge is 0.320 e. The van der Waals surface area contributed by atoms with E-state index in [1.54, 1.807) is 11.7 Å². The topological polar surface area (TPSA) is 128 Å². The number of nitrogens with two attached hydrogens (primary N) is 1. The third kappa shape index (κ3) is 4.96. The Kier molecular flexibility index (Phi) is 6.14. The lowest BCUT2D eigenvalue weighted by Crippen LogP contribution is -2.09. The second-order valence-corrected chi connectivity index (χ2v) is 9.28. The molecule has 0 amide bonds. The van der Waals surface area contributed by atoms with Crippen LogP contribution in [0.15, 0.2) is 24.3 Å². The lowest BCUT2D eigenvalue weighted by atomic mass is 10.1. The first-order valence-electron chi connectivity index (χ1n) is 8.51. The third-order valence-corrected chi connectivity index (χ3v) is 5.23. The first-order valence-corrected chi connectivity index (χ1v) is 11.2. The molecule has 1 unspecified atom stereocenters. The van der Waals surface area contributed by atoms with E-state index in [0.29, 0.717) is 35.7 Å². The number of hydrogen-bond acceptors (Lipinski definition) is 7. The maximum Gasteiger partial charge on any atom is 0.320 e. The average molecular weight is 423 g/mol. The predicted molar refractivity (Wildman–Crippen MR) is 109 cm³/mol. The van der Waals surface area contributed by atoms with E-state index >= 15 is 0 Å². The molecule has 28 heavy (non-hydrogen) atoms. The molecule has 0 aliphatic heterocycles. The Hall–Kier alpha value is -2.26. The van der Waals surface area contributed by atoms with E-state index in [9.17, 15) is 9.46 Å². The van der Waals surface area contributed by atoms with Crippen LogP contribution >= 0.6 is 19.6 Å². The number of hydrogen-bond donors (Lipinski definition) is 3. The summed E-state index contributed by atoms with van der Waals surface area (Å²) in [7, 11) is -1.57. The Balaban J connectivity index is 1.94. The maximum absolute atomic E-state index is 11.7. The van der Waals surface area contributed by atoms with E-state index in [-0.39, 0.29) is 18.0 Å². The number of benzene rings is 1. The van der Waals surface area contributed by atoms with Gasteiger partial charge in [0.1, 0.15) is 12.1 Å². The van der Waals surface area contributed by atoms with Crippen molar-refractivity contribution in [2.24, 2.45) is 0 Å². The minimum absolute atomic E-state index is 0.118. The quantitative estimate of drug-likeness (QED) is 0.286. The van der Waals surface area contributed by atoms with Crippen LogP contribution in [0.1, 0.15) is 11.1 Å². The molecule has 0 fully saturated rings. The lowest BCUT2D eigenvalue weighted by molar-refractivity contribution is 0.141. The molecule has 0 saturated heterocycles. The molecule has 1 aromatic carbocycles. The van der Waals surface area contributed by atoms with Crippen molar-refractivity contribution >= 4 is 36.6 Å². The lowest BCUT2D eigenvalue weighted by Gasteiger charge is -2.09. The fraction of sp³-hybridized carbons (Fsp3) is 0.353. The van der Waals surface area contributed by atoms with Crippen molar-refractivity contribution in [3.05, 3.63) is 40.2 Å². The maximum atomic E-state index is 11.7. The predicted octanol–water partition coefficient (Wildman–Crippen LogP) is 2.54. The number of nitrogens with zero attached hydrogens (tertiary/aromatic N) is 3. The highest BCUT2D eigenvalue weighted by Gasteiger charge is 2.15. The molecule has 1 atom stereocenters. The zero-order valence-electron chi connectivity index (χ0n) is 15.6. The second-order valence-electron chi connectivity index (χ2n) is 6.48. The molecule has 3 rings (SSSR count). The molecule has 9 nitrogen and oxygen atoms in total. The van der Waals surface area contributed by atoms with Crippen LogP contribution in [0.5, 0.6) is 6.01 Å². The van der Waals surface area contributed by atoms with Gasteiger partial charge in [-0.05, 0) is 23.3 Å². The van der Waals surface area contributed by atoms with E-state index in [2.05, 4.69) is 15.0 Å². The number of nitrogens with one attached hydrogen (secondary N) is 1. The molecule has 2 heterocycles. The van der Waals surface area contributed by atoms with Crippen LogP contribution in [0.4, 0.5) is 5.82 Å². The van der Waals surface area contributed by atoms with Crippen molar-refractivity contribution in [2.45, 2.75) is 12.7 Å². The zero-order valence-corrected chi connectivity index (χ0v) is 17.3. The molecular formula is C17H22N5O4PS. The highest BCUT2D eigenvalue weighted by atomic mass is 32.1. The molecular weight excluding hydrogens is 401 g/mol.